The Kier molecular flexibility index (Phi) is 11.4. The van der Waals surface area contributed by atoms with Gasteiger partial charge in [0.2, 0.25) is 0 Å². The van der Waals surface area contributed by atoms with Crippen LogP contribution >= 0.6 is 0 Å². The predicted molar refractivity (Wildman–Crippen MR) is 89.0 cm³/mol. The largest absolute Gasteiger partial charge is 0.393 e. The molecule has 20 heavy (non-hydrogen) atoms. The van der Waals surface area contributed by atoms with Gasteiger partial charge in [0.25, 0.3) is 0 Å². The molecule has 1 saturated carbocycles. The summed E-state index contributed by atoms with van der Waals surface area (Å²) < 4.78 is 0. The van der Waals surface area contributed by atoms with Crippen LogP contribution in [0, 0.1) is 5.92 Å². The Morgan fingerprint density at radius 3 is 1.70 bits per heavy atom. The molecule has 120 valence electrons. The highest BCUT2D eigenvalue weighted by molar-refractivity contribution is 4.74. The number of hydrogen-bond donors (Lipinski definition) is 1. The summed E-state index contributed by atoms with van der Waals surface area (Å²) in [5.74, 6) is 0.637. The van der Waals surface area contributed by atoms with E-state index in [1.165, 1.54) is 96.3 Å². The third-order valence-corrected chi connectivity index (χ3v) is 5.05. The third kappa shape index (κ3) is 9.00. The molecule has 1 aliphatic carbocycles. The Morgan fingerprint density at radius 2 is 1.20 bits per heavy atom. The molecule has 0 aromatic carbocycles. The fourth-order valence-electron chi connectivity index (χ4n) is 3.60. The summed E-state index contributed by atoms with van der Waals surface area (Å²) in [6, 6.07) is 0. The van der Waals surface area contributed by atoms with Gasteiger partial charge in [-0.15, -0.1) is 0 Å². The average Bonchev–Trinajstić information content (AvgIpc) is 2.99. The van der Waals surface area contributed by atoms with Crippen molar-refractivity contribution in [3.63, 3.8) is 0 Å². The van der Waals surface area contributed by atoms with Gasteiger partial charge >= 0.3 is 0 Å². The van der Waals surface area contributed by atoms with Gasteiger partial charge in [-0.2, -0.15) is 0 Å². The molecule has 1 fully saturated rings. The van der Waals surface area contributed by atoms with E-state index in [2.05, 4.69) is 6.92 Å². The monoisotopic (exact) mass is 282 g/mol. The molecule has 0 heterocycles. The zero-order chi connectivity index (χ0) is 14.5. The summed E-state index contributed by atoms with van der Waals surface area (Å²) in [4.78, 5) is 0. The lowest BCUT2D eigenvalue weighted by Gasteiger charge is -2.17. The first kappa shape index (κ1) is 18.0. The minimum absolute atomic E-state index is 0.0102. The first-order valence-electron chi connectivity index (χ1n) is 9.52. The lowest BCUT2D eigenvalue weighted by Crippen LogP contribution is -2.17. The van der Waals surface area contributed by atoms with E-state index in [1.54, 1.807) is 0 Å². The van der Waals surface area contributed by atoms with Gasteiger partial charge in [-0.3, -0.25) is 0 Å². The highest BCUT2D eigenvalue weighted by Gasteiger charge is 2.22. The van der Waals surface area contributed by atoms with Crippen LogP contribution in [0.15, 0.2) is 0 Å². The minimum Gasteiger partial charge on any atom is -0.393 e. The smallest absolute Gasteiger partial charge is 0.0568 e. The molecule has 1 N–H and O–H groups in total. The lowest BCUT2D eigenvalue weighted by atomic mass is 9.95. The average molecular weight is 283 g/mol. The number of hydrogen-bond acceptors (Lipinski definition) is 1. The highest BCUT2D eigenvalue weighted by atomic mass is 16.3. The molecule has 0 saturated heterocycles. The summed E-state index contributed by atoms with van der Waals surface area (Å²) in [6.07, 6.45) is 21.7. The maximum Gasteiger partial charge on any atom is 0.0568 e. The van der Waals surface area contributed by atoms with Crippen LogP contribution in [-0.4, -0.2) is 11.2 Å². The fourth-order valence-corrected chi connectivity index (χ4v) is 3.60. The van der Waals surface area contributed by atoms with Crippen LogP contribution in [0.5, 0.6) is 0 Å². The Bertz CT molecular complexity index is 196. The Hall–Kier alpha value is -0.0400. The molecular formula is C19H38O. The molecule has 0 bridgehead atoms. The summed E-state index contributed by atoms with van der Waals surface area (Å²) >= 11 is 0. The molecule has 0 aliphatic heterocycles. The highest BCUT2D eigenvalue weighted by Crippen LogP contribution is 2.29. The first-order chi connectivity index (χ1) is 9.84. The topological polar surface area (TPSA) is 20.2 Å². The van der Waals surface area contributed by atoms with Gasteiger partial charge in [-0.05, 0) is 25.2 Å². The van der Waals surface area contributed by atoms with Gasteiger partial charge in [0.15, 0.2) is 0 Å². The molecule has 0 spiro atoms. The van der Waals surface area contributed by atoms with E-state index < -0.39 is 0 Å². The van der Waals surface area contributed by atoms with Crippen molar-refractivity contribution in [2.24, 2.45) is 5.92 Å². The molecule has 1 unspecified atom stereocenters. The predicted octanol–water partition coefficient (Wildman–Crippen LogP) is 6.24. The molecule has 0 amide bonds. The van der Waals surface area contributed by atoms with E-state index >= 15 is 0 Å². The van der Waals surface area contributed by atoms with E-state index in [0.29, 0.717) is 5.92 Å². The molecule has 1 aliphatic rings. The second-order valence-electron chi connectivity index (χ2n) is 6.94. The van der Waals surface area contributed by atoms with Gasteiger partial charge in [-0.1, -0.05) is 90.4 Å². The maximum absolute atomic E-state index is 10.1. The van der Waals surface area contributed by atoms with E-state index in [4.69, 9.17) is 0 Å². The van der Waals surface area contributed by atoms with Crippen LogP contribution in [0.25, 0.3) is 0 Å². The summed E-state index contributed by atoms with van der Waals surface area (Å²) in [6.45, 7) is 2.28. The Balaban J connectivity index is 1.76. The van der Waals surface area contributed by atoms with E-state index in [0.717, 1.165) is 6.42 Å². The number of unbranched alkanes of at least 4 members (excludes halogenated alkanes) is 10. The normalized spacial score (nSPS) is 17.7. The molecule has 1 nitrogen and oxygen atoms in total. The van der Waals surface area contributed by atoms with Crippen molar-refractivity contribution in [1.82, 2.24) is 0 Å². The van der Waals surface area contributed by atoms with Crippen LogP contribution in [-0.2, 0) is 0 Å². The zero-order valence-electron chi connectivity index (χ0n) is 13.9. The summed E-state index contributed by atoms with van der Waals surface area (Å²) in [5.41, 5.74) is 0. The lowest BCUT2D eigenvalue weighted by molar-refractivity contribution is 0.0989. The van der Waals surface area contributed by atoms with Gasteiger partial charge in [0.05, 0.1) is 6.10 Å². The zero-order valence-corrected chi connectivity index (χ0v) is 13.9. The van der Waals surface area contributed by atoms with E-state index in [9.17, 15) is 5.11 Å². The maximum atomic E-state index is 10.1. The van der Waals surface area contributed by atoms with E-state index in [1.807, 2.05) is 0 Å². The SMILES string of the molecule is CCCCCCCCCCCCCC(O)C1CCCC1. The van der Waals surface area contributed by atoms with Crippen LogP contribution in [0.3, 0.4) is 0 Å². The van der Waals surface area contributed by atoms with E-state index in [-0.39, 0.29) is 6.10 Å². The fraction of sp³-hybridized carbons (Fsp3) is 1.00. The molecule has 1 heteroatoms. The van der Waals surface area contributed by atoms with Crippen LogP contribution in [0.2, 0.25) is 0 Å². The molecule has 1 rings (SSSR count). The van der Waals surface area contributed by atoms with Crippen molar-refractivity contribution in [3.05, 3.63) is 0 Å². The van der Waals surface area contributed by atoms with Crippen molar-refractivity contribution in [2.45, 2.75) is 116 Å². The minimum atomic E-state index is 0.0102. The van der Waals surface area contributed by atoms with Crippen molar-refractivity contribution in [1.29, 1.82) is 0 Å². The second kappa shape index (κ2) is 12.7. The van der Waals surface area contributed by atoms with Crippen LogP contribution in [0.1, 0.15) is 110 Å². The first-order valence-corrected chi connectivity index (χ1v) is 9.52. The standard InChI is InChI=1S/C19H38O/c1-2-3-4-5-6-7-8-9-10-11-12-17-19(20)18-15-13-14-16-18/h18-20H,2-17H2,1H3. The Morgan fingerprint density at radius 1 is 0.750 bits per heavy atom. The van der Waals surface area contributed by atoms with Gasteiger partial charge in [0.1, 0.15) is 0 Å². The Labute approximate surface area is 127 Å². The number of aliphatic hydroxyl groups excluding tert-OH is 1. The van der Waals surface area contributed by atoms with Crippen molar-refractivity contribution < 1.29 is 5.11 Å². The quantitative estimate of drug-likeness (QED) is 0.396. The van der Waals surface area contributed by atoms with Gasteiger partial charge < -0.3 is 5.11 Å². The molecular weight excluding hydrogens is 244 g/mol. The number of aliphatic hydroxyl groups is 1. The molecule has 0 radical (unpaired) electrons. The van der Waals surface area contributed by atoms with Crippen molar-refractivity contribution in [3.8, 4) is 0 Å². The third-order valence-electron chi connectivity index (χ3n) is 5.05. The van der Waals surface area contributed by atoms with Gasteiger partial charge in [-0.25, -0.2) is 0 Å². The molecule has 1 atom stereocenters. The second-order valence-corrected chi connectivity index (χ2v) is 6.94. The van der Waals surface area contributed by atoms with Crippen LogP contribution < -0.4 is 0 Å². The molecule has 0 aromatic rings. The number of rotatable bonds is 13. The summed E-state index contributed by atoms with van der Waals surface area (Å²) in [5, 5.41) is 10.1. The van der Waals surface area contributed by atoms with Crippen LogP contribution in [0.4, 0.5) is 0 Å². The summed E-state index contributed by atoms with van der Waals surface area (Å²) in [7, 11) is 0. The van der Waals surface area contributed by atoms with Crippen molar-refractivity contribution >= 4 is 0 Å². The van der Waals surface area contributed by atoms with Crippen molar-refractivity contribution in [2.75, 3.05) is 0 Å². The van der Waals surface area contributed by atoms with Gasteiger partial charge in [0, 0.05) is 0 Å². The molecule has 0 aromatic heterocycles.